The topological polar surface area (TPSA) is 29.5 Å². The highest BCUT2D eigenvalue weighted by Crippen LogP contribution is 1.95. The van der Waals surface area contributed by atoms with Crippen LogP contribution in [0.1, 0.15) is 0 Å². The minimum atomic E-state index is -0.356. The zero-order valence-corrected chi connectivity index (χ0v) is 3.29. The van der Waals surface area contributed by atoms with Crippen LogP contribution in [0.5, 0.6) is 0 Å². The Labute approximate surface area is 36.0 Å². The molecule has 0 spiro atoms. The maximum atomic E-state index is 8.52. The fourth-order valence-electron chi connectivity index (χ4n) is 0.356. The van der Waals surface area contributed by atoms with E-state index in [-0.39, 0.29) is 6.10 Å². The molecule has 6 heavy (non-hydrogen) atoms. The van der Waals surface area contributed by atoms with E-state index in [9.17, 15) is 0 Å². The van der Waals surface area contributed by atoms with Crippen molar-refractivity contribution in [3.05, 3.63) is 12.3 Å². The van der Waals surface area contributed by atoms with E-state index in [1.165, 1.54) is 6.26 Å². The van der Waals surface area contributed by atoms with Crippen LogP contribution in [0.25, 0.3) is 0 Å². The highest BCUT2D eigenvalue weighted by atomic mass is 16.5. The van der Waals surface area contributed by atoms with Crippen LogP contribution in [0.2, 0.25) is 0 Å². The predicted octanol–water partition coefficient (Wildman–Crippen LogP) is -0.109. The summed E-state index contributed by atoms with van der Waals surface area (Å²) in [6, 6.07) is 0. The molecule has 1 aliphatic heterocycles. The van der Waals surface area contributed by atoms with Gasteiger partial charge in [-0.15, -0.1) is 0 Å². The maximum Gasteiger partial charge on any atom is 0.117 e. The van der Waals surface area contributed by atoms with E-state index in [1.807, 2.05) is 0 Å². The predicted molar refractivity (Wildman–Crippen MR) is 21.1 cm³/mol. The molecule has 2 heteroatoms. The van der Waals surface area contributed by atoms with E-state index in [0.29, 0.717) is 6.61 Å². The smallest absolute Gasteiger partial charge is 0.117 e. The summed E-state index contributed by atoms with van der Waals surface area (Å²) in [6.07, 6.45) is 2.76. The van der Waals surface area contributed by atoms with E-state index in [2.05, 4.69) is 4.74 Å². The number of hydrogen-bond acceptors (Lipinski definition) is 2. The van der Waals surface area contributed by atoms with Crippen molar-refractivity contribution in [3.63, 3.8) is 0 Å². The summed E-state index contributed by atoms with van der Waals surface area (Å²) in [5.41, 5.74) is 0. The Kier molecular flexibility index (Phi) is 0.801. The lowest BCUT2D eigenvalue weighted by atomic mass is 10.4. The molecule has 0 unspecified atom stereocenters. The summed E-state index contributed by atoms with van der Waals surface area (Å²) in [5.74, 6) is 0. The molecule has 0 saturated carbocycles. The zero-order chi connectivity index (χ0) is 4.41. The summed E-state index contributed by atoms with van der Waals surface area (Å²) >= 11 is 0. The van der Waals surface area contributed by atoms with Gasteiger partial charge in [0.05, 0.1) is 6.26 Å². The number of ether oxygens (including phenoxy) is 1. The number of hydrogen-bond donors (Lipinski definition) is 1. The minimum absolute atomic E-state index is 0.356. The van der Waals surface area contributed by atoms with Crippen LogP contribution in [-0.4, -0.2) is 17.8 Å². The van der Waals surface area contributed by atoms with Crippen LogP contribution in [0.15, 0.2) is 12.3 Å². The lowest BCUT2D eigenvalue weighted by Gasteiger charge is -1.90. The monoisotopic (exact) mass is 86.0 g/mol. The largest absolute Gasteiger partial charge is 0.498 e. The molecule has 0 aromatic carbocycles. The minimum Gasteiger partial charge on any atom is -0.498 e. The molecule has 1 rings (SSSR count). The Morgan fingerprint density at radius 3 is 2.83 bits per heavy atom. The molecule has 0 amide bonds. The first-order valence-corrected chi connectivity index (χ1v) is 1.86. The van der Waals surface area contributed by atoms with Crippen molar-refractivity contribution in [1.82, 2.24) is 0 Å². The van der Waals surface area contributed by atoms with Crippen molar-refractivity contribution >= 4 is 0 Å². The van der Waals surface area contributed by atoms with Crippen molar-refractivity contribution in [2.75, 3.05) is 6.61 Å². The Bertz CT molecular complexity index is 67.9. The van der Waals surface area contributed by atoms with E-state index >= 15 is 0 Å². The van der Waals surface area contributed by atoms with Gasteiger partial charge in [0.15, 0.2) is 0 Å². The average molecular weight is 86.1 g/mol. The third kappa shape index (κ3) is 0.518. The van der Waals surface area contributed by atoms with Gasteiger partial charge in [-0.1, -0.05) is 0 Å². The lowest BCUT2D eigenvalue weighted by Crippen LogP contribution is -2.02. The van der Waals surface area contributed by atoms with E-state index < -0.39 is 0 Å². The summed E-state index contributed by atoms with van der Waals surface area (Å²) in [7, 11) is 0. The lowest BCUT2D eigenvalue weighted by molar-refractivity contribution is 0.147. The quantitative estimate of drug-likeness (QED) is 0.445. The fraction of sp³-hybridized carbons (Fsp3) is 0.500. The van der Waals surface area contributed by atoms with Gasteiger partial charge in [-0.3, -0.25) is 0 Å². The van der Waals surface area contributed by atoms with Gasteiger partial charge in [0.2, 0.25) is 0 Å². The molecule has 1 N–H and O–H groups in total. The second kappa shape index (κ2) is 1.30. The van der Waals surface area contributed by atoms with Crippen LogP contribution in [0, 0.1) is 0 Å². The van der Waals surface area contributed by atoms with Gasteiger partial charge in [-0.2, -0.15) is 0 Å². The SMILES string of the molecule is O[C@@H]1C=COC1. The van der Waals surface area contributed by atoms with Crippen LogP contribution in [-0.2, 0) is 4.74 Å². The van der Waals surface area contributed by atoms with Crippen LogP contribution < -0.4 is 0 Å². The molecule has 0 radical (unpaired) electrons. The second-order valence-electron chi connectivity index (χ2n) is 1.23. The molecule has 2 nitrogen and oxygen atoms in total. The van der Waals surface area contributed by atoms with Gasteiger partial charge in [-0.05, 0) is 6.08 Å². The molecule has 0 fully saturated rings. The first-order valence-electron chi connectivity index (χ1n) is 1.86. The molecule has 0 aromatic rings. The van der Waals surface area contributed by atoms with E-state index in [4.69, 9.17) is 5.11 Å². The van der Waals surface area contributed by atoms with Crippen molar-refractivity contribution in [1.29, 1.82) is 0 Å². The molecule has 0 aromatic heterocycles. The van der Waals surface area contributed by atoms with Crippen molar-refractivity contribution in [2.45, 2.75) is 6.10 Å². The third-order valence-corrected chi connectivity index (χ3v) is 0.664. The van der Waals surface area contributed by atoms with Gasteiger partial charge in [0, 0.05) is 0 Å². The Morgan fingerprint density at radius 2 is 2.67 bits per heavy atom. The van der Waals surface area contributed by atoms with E-state index in [0.717, 1.165) is 0 Å². The fourth-order valence-corrected chi connectivity index (χ4v) is 0.356. The summed E-state index contributed by atoms with van der Waals surface area (Å²) in [4.78, 5) is 0. The van der Waals surface area contributed by atoms with Gasteiger partial charge in [-0.25, -0.2) is 0 Å². The average Bonchev–Trinajstić information content (AvgIpc) is 1.86. The molecule has 0 bridgehead atoms. The summed E-state index contributed by atoms with van der Waals surface area (Å²) in [6.45, 7) is 0.431. The van der Waals surface area contributed by atoms with Crippen LogP contribution in [0.3, 0.4) is 0 Å². The van der Waals surface area contributed by atoms with Crippen LogP contribution in [0.4, 0.5) is 0 Å². The Hall–Kier alpha value is -0.500. The van der Waals surface area contributed by atoms with E-state index in [1.54, 1.807) is 6.08 Å². The van der Waals surface area contributed by atoms with Gasteiger partial charge in [0.25, 0.3) is 0 Å². The highest BCUT2D eigenvalue weighted by Gasteiger charge is 2.01. The number of aliphatic hydroxyl groups is 1. The summed E-state index contributed by atoms with van der Waals surface area (Å²) < 4.78 is 4.63. The van der Waals surface area contributed by atoms with Crippen molar-refractivity contribution < 1.29 is 9.84 Å². The molecule has 1 atom stereocenters. The zero-order valence-electron chi connectivity index (χ0n) is 3.29. The number of rotatable bonds is 0. The molecule has 34 valence electrons. The van der Waals surface area contributed by atoms with Crippen LogP contribution >= 0.6 is 0 Å². The first-order chi connectivity index (χ1) is 2.89. The van der Waals surface area contributed by atoms with Gasteiger partial charge in [0.1, 0.15) is 12.7 Å². The van der Waals surface area contributed by atoms with Crippen molar-refractivity contribution in [2.24, 2.45) is 0 Å². The maximum absolute atomic E-state index is 8.52. The van der Waals surface area contributed by atoms with Gasteiger partial charge >= 0.3 is 0 Å². The summed E-state index contributed by atoms with van der Waals surface area (Å²) in [5, 5.41) is 8.52. The molecule has 0 aliphatic carbocycles. The molecular formula is C4H6O2. The molecule has 1 aliphatic rings. The number of aliphatic hydroxyl groups excluding tert-OH is 1. The third-order valence-electron chi connectivity index (χ3n) is 0.664. The molecule has 0 saturated heterocycles. The van der Waals surface area contributed by atoms with Crippen molar-refractivity contribution in [3.8, 4) is 0 Å². The second-order valence-corrected chi connectivity index (χ2v) is 1.23. The molecular weight excluding hydrogens is 80.0 g/mol. The van der Waals surface area contributed by atoms with Gasteiger partial charge < -0.3 is 9.84 Å². The standard InChI is InChI=1S/C4H6O2/c5-4-1-2-6-3-4/h1-2,4-5H,3H2/t4-/m1/s1. The first kappa shape index (κ1) is 3.68. The Balaban J connectivity index is 2.38. The highest BCUT2D eigenvalue weighted by molar-refractivity contribution is 4.88. The normalized spacial score (nSPS) is 30.5. The Morgan fingerprint density at radius 1 is 1.83 bits per heavy atom. The molecule has 1 heterocycles.